The van der Waals surface area contributed by atoms with Crippen LogP contribution < -0.4 is 10.1 Å². The Morgan fingerprint density at radius 1 is 1.00 bits per heavy atom. The zero-order chi connectivity index (χ0) is 21.8. The summed E-state index contributed by atoms with van der Waals surface area (Å²) in [6, 6.07) is 21.8. The van der Waals surface area contributed by atoms with Crippen LogP contribution in [0.5, 0.6) is 11.5 Å². The Morgan fingerprint density at radius 2 is 1.74 bits per heavy atom. The highest BCUT2D eigenvalue weighted by molar-refractivity contribution is 6.31. The van der Waals surface area contributed by atoms with Crippen molar-refractivity contribution in [3.63, 3.8) is 0 Å². The van der Waals surface area contributed by atoms with Gasteiger partial charge in [0.25, 0.3) is 0 Å². The molecule has 5 heteroatoms. The van der Waals surface area contributed by atoms with Gasteiger partial charge in [0.15, 0.2) is 11.5 Å². The van der Waals surface area contributed by atoms with Gasteiger partial charge in [0.1, 0.15) is 6.17 Å². The number of phenolic OH excluding ortho intramolecular Hbond substituents is 1. The maximum atomic E-state index is 10.9. The number of hydrogen-bond donors (Lipinski definition) is 2. The van der Waals surface area contributed by atoms with Crippen molar-refractivity contribution in [1.29, 1.82) is 0 Å². The van der Waals surface area contributed by atoms with Gasteiger partial charge in [0.05, 0.1) is 6.61 Å². The topological polar surface area (TPSA) is 53.8 Å². The highest BCUT2D eigenvalue weighted by Gasteiger charge is 2.29. The Hall–Kier alpha value is -2.82. The van der Waals surface area contributed by atoms with Gasteiger partial charge in [-0.15, -0.1) is 0 Å². The maximum Gasteiger partial charge on any atom is 0.162 e. The molecular weight excluding hydrogens is 408 g/mol. The molecular formula is C26H27ClN2O2. The summed E-state index contributed by atoms with van der Waals surface area (Å²) >= 11 is 6.50. The van der Waals surface area contributed by atoms with Gasteiger partial charge in [-0.2, -0.15) is 0 Å². The third-order valence-corrected chi connectivity index (χ3v) is 5.99. The number of rotatable bonds is 6. The molecule has 0 unspecified atom stereocenters. The zero-order valence-corrected chi connectivity index (χ0v) is 18.6. The van der Waals surface area contributed by atoms with Crippen LogP contribution in [-0.2, 0) is 6.42 Å². The first-order valence-electron chi connectivity index (χ1n) is 10.7. The number of aryl methyl sites for hydroxylation is 1. The molecule has 0 amide bonds. The van der Waals surface area contributed by atoms with Gasteiger partial charge in [-0.25, -0.2) is 0 Å². The van der Waals surface area contributed by atoms with Crippen LogP contribution in [0, 0.1) is 0 Å². The summed E-state index contributed by atoms with van der Waals surface area (Å²) < 4.78 is 5.61. The van der Waals surface area contributed by atoms with E-state index in [4.69, 9.17) is 21.3 Å². The van der Waals surface area contributed by atoms with E-state index in [1.807, 2.05) is 43.3 Å². The summed E-state index contributed by atoms with van der Waals surface area (Å²) in [5.41, 5.74) is 5.07. The van der Waals surface area contributed by atoms with Gasteiger partial charge in [-0.05, 0) is 36.6 Å². The third-order valence-electron chi connectivity index (χ3n) is 5.64. The molecule has 0 aromatic heterocycles. The summed E-state index contributed by atoms with van der Waals surface area (Å²) in [7, 11) is 0. The molecule has 1 aliphatic rings. The fraction of sp³-hybridized carbons (Fsp3) is 0.269. The molecule has 3 aromatic carbocycles. The highest BCUT2D eigenvalue weighted by atomic mass is 35.5. The number of aliphatic imine (C=N–C) groups is 1. The van der Waals surface area contributed by atoms with Crippen LogP contribution in [0.2, 0.25) is 5.02 Å². The van der Waals surface area contributed by atoms with Gasteiger partial charge in [-0.3, -0.25) is 10.3 Å². The number of phenols is 1. The normalized spacial score (nSPS) is 18.5. The van der Waals surface area contributed by atoms with E-state index in [1.165, 1.54) is 5.56 Å². The fourth-order valence-electron chi connectivity index (χ4n) is 3.96. The number of nitrogens with one attached hydrogen (secondary N) is 1. The molecule has 0 radical (unpaired) electrons. The number of ether oxygens (including phenoxy) is 1. The largest absolute Gasteiger partial charge is 0.504 e. The summed E-state index contributed by atoms with van der Waals surface area (Å²) in [5.74, 6) is 0.662. The lowest BCUT2D eigenvalue weighted by molar-refractivity contribution is 0.313. The Bertz CT molecular complexity index is 1080. The van der Waals surface area contributed by atoms with E-state index < -0.39 is 0 Å². The quantitative estimate of drug-likeness (QED) is 0.483. The summed E-state index contributed by atoms with van der Waals surface area (Å²) in [4.78, 5) is 5.01. The van der Waals surface area contributed by atoms with Crippen molar-refractivity contribution in [3.8, 4) is 11.5 Å². The molecule has 4 nitrogen and oxygen atoms in total. The molecule has 0 aliphatic carbocycles. The van der Waals surface area contributed by atoms with Crippen LogP contribution in [0.4, 0.5) is 0 Å². The summed E-state index contributed by atoms with van der Waals surface area (Å²) in [6.45, 7) is 4.55. The zero-order valence-electron chi connectivity index (χ0n) is 17.8. The van der Waals surface area contributed by atoms with Gasteiger partial charge in [-0.1, -0.05) is 73.1 Å². The Morgan fingerprint density at radius 3 is 2.45 bits per heavy atom. The second kappa shape index (κ2) is 9.54. The van der Waals surface area contributed by atoms with E-state index >= 15 is 0 Å². The van der Waals surface area contributed by atoms with Crippen molar-refractivity contribution in [2.24, 2.45) is 4.99 Å². The lowest BCUT2D eigenvalue weighted by Gasteiger charge is -2.31. The first kappa shape index (κ1) is 21.4. The molecule has 1 heterocycles. The number of halogens is 1. The second-order valence-corrected chi connectivity index (χ2v) is 8.01. The van der Waals surface area contributed by atoms with Gasteiger partial charge in [0.2, 0.25) is 0 Å². The standard InChI is InChI=1S/C26H27ClN2O2/c1-3-17-12-14-18(15-13-17)22-16-23(20-9-7-11-24(25(20)30)31-4-2)29-26(28-22)19-8-5-6-10-21(19)27/h5-15,23,26,29-30H,3-4,16H2,1-2H3/t23-,26-/m1/s1. The first-order valence-corrected chi connectivity index (χ1v) is 11.1. The fourth-order valence-corrected chi connectivity index (χ4v) is 4.20. The summed E-state index contributed by atoms with van der Waals surface area (Å²) in [5, 5.41) is 15.1. The van der Waals surface area contributed by atoms with Crippen molar-refractivity contribution in [2.45, 2.75) is 38.9 Å². The first-order chi connectivity index (χ1) is 15.1. The van der Waals surface area contributed by atoms with Crippen LogP contribution in [0.15, 0.2) is 71.7 Å². The Kier molecular flexibility index (Phi) is 6.59. The van der Waals surface area contributed by atoms with Gasteiger partial charge in [0, 0.05) is 34.3 Å². The van der Waals surface area contributed by atoms with Crippen molar-refractivity contribution in [1.82, 2.24) is 5.32 Å². The van der Waals surface area contributed by atoms with Crippen molar-refractivity contribution < 1.29 is 9.84 Å². The molecule has 160 valence electrons. The van der Waals surface area contributed by atoms with Crippen LogP contribution in [-0.4, -0.2) is 17.4 Å². The van der Waals surface area contributed by atoms with Crippen molar-refractivity contribution >= 4 is 17.3 Å². The second-order valence-electron chi connectivity index (χ2n) is 7.60. The van der Waals surface area contributed by atoms with Gasteiger partial charge < -0.3 is 9.84 Å². The number of hydrogen-bond acceptors (Lipinski definition) is 4. The van der Waals surface area contributed by atoms with E-state index in [1.54, 1.807) is 6.07 Å². The molecule has 31 heavy (non-hydrogen) atoms. The molecule has 4 rings (SSSR count). The molecule has 0 fully saturated rings. The highest BCUT2D eigenvalue weighted by Crippen LogP contribution is 2.39. The van der Waals surface area contributed by atoms with Crippen LogP contribution >= 0.6 is 11.6 Å². The van der Waals surface area contributed by atoms with E-state index in [9.17, 15) is 5.11 Å². The number of benzene rings is 3. The molecule has 0 spiro atoms. The van der Waals surface area contributed by atoms with E-state index in [0.29, 0.717) is 23.8 Å². The molecule has 0 saturated heterocycles. The Balaban J connectivity index is 1.76. The van der Waals surface area contributed by atoms with E-state index in [0.717, 1.165) is 28.8 Å². The molecule has 0 saturated carbocycles. The van der Waals surface area contributed by atoms with Crippen LogP contribution in [0.3, 0.4) is 0 Å². The van der Waals surface area contributed by atoms with Crippen LogP contribution in [0.1, 0.15) is 54.7 Å². The van der Waals surface area contributed by atoms with E-state index in [2.05, 4.69) is 36.5 Å². The predicted octanol–water partition coefficient (Wildman–Crippen LogP) is 6.23. The smallest absolute Gasteiger partial charge is 0.162 e. The lowest BCUT2D eigenvalue weighted by atomic mass is 9.93. The Labute approximate surface area is 188 Å². The maximum absolute atomic E-state index is 10.9. The average Bonchev–Trinajstić information content (AvgIpc) is 2.80. The average molecular weight is 435 g/mol. The minimum absolute atomic E-state index is 0.139. The predicted molar refractivity (Wildman–Crippen MR) is 126 cm³/mol. The number of nitrogens with zero attached hydrogens (tertiary/aromatic N) is 1. The SMILES string of the molecule is CCOc1cccc([C@H]2CC(c3ccc(CC)cc3)=N[C@@H](c3ccccc3Cl)N2)c1O. The number of aromatic hydroxyl groups is 1. The molecule has 3 aromatic rings. The molecule has 1 aliphatic heterocycles. The summed E-state index contributed by atoms with van der Waals surface area (Å²) in [6.07, 6.45) is 1.33. The van der Waals surface area contributed by atoms with Gasteiger partial charge >= 0.3 is 0 Å². The molecule has 0 bridgehead atoms. The van der Waals surface area contributed by atoms with Crippen LogP contribution in [0.25, 0.3) is 0 Å². The minimum Gasteiger partial charge on any atom is -0.504 e. The monoisotopic (exact) mass is 434 g/mol. The lowest BCUT2D eigenvalue weighted by Crippen LogP contribution is -2.33. The number of para-hydroxylation sites is 1. The molecule has 2 atom stereocenters. The van der Waals surface area contributed by atoms with Crippen molar-refractivity contribution in [3.05, 3.63) is 94.0 Å². The van der Waals surface area contributed by atoms with Crippen molar-refractivity contribution in [2.75, 3.05) is 6.61 Å². The third kappa shape index (κ3) is 4.60. The van der Waals surface area contributed by atoms with E-state index in [-0.39, 0.29) is 18.0 Å². The minimum atomic E-state index is -0.316. The molecule has 2 N–H and O–H groups in total.